The summed E-state index contributed by atoms with van der Waals surface area (Å²) in [5.74, 6) is 0.241. The molecular formula is C17H26O3. The maximum Gasteiger partial charge on any atom is 0.303 e. The molecule has 0 aliphatic heterocycles. The molecule has 3 heteroatoms. The van der Waals surface area contributed by atoms with Crippen molar-refractivity contribution >= 4 is 5.97 Å². The summed E-state index contributed by atoms with van der Waals surface area (Å²) < 4.78 is 5.67. The zero-order chi connectivity index (χ0) is 14.8. The van der Waals surface area contributed by atoms with Gasteiger partial charge in [-0.3, -0.25) is 4.79 Å². The number of ether oxygens (including phenoxy) is 1. The van der Waals surface area contributed by atoms with E-state index < -0.39 is 5.97 Å². The molecule has 0 heterocycles. The Labute approximate surface area is 122 Å². The first-order valence-corrected chi connectivity index (χ1v) is 7.61. The lowest BCUT2D eigenvalue weighted by Gasteiger charge is -2.15. The van der Waals surface area contributed by atoms with E-state index in [1.807, 2.05) is 24.3 Å². The number of benzene rings is 1. The summed E-state index contributed by atoms with van der Waals surface area (Å²) in [6.07, 6.45) is 5.56. The van der Waals surface area contributed by atoms with E-state index in [0.29, 0.717) is 0 Å². The molecule has 0 saturated heterocycles. The Morgan fingerprint density at radius 1 is 1.15 bits per heavy atom. The molecule has 0 aromatic heterocycles. The zero-order valence-corrected chi connectivity index (χ0v) is 12.6. The van der Waals surface area contributed by atoms with Gasteiger partial charge < -0.3 is 9.84 Å². The average Bonchev–Trinajstić information content (AvgIpc) is 2.43. The lowest BCUT2D eigenvalue weighted by Crippen LogP contribution is -2.06. The molecule has 0 radical (unpaired) electrons. The maximum atomic E-state index is 10.9. The first kappa shape index (κ1) is 16.5. The number of unbranched alkanes of at least 4 members (excludes halogenated alkanes) is 2. The fourth-order valence-corrected chi connectivity index (χ4v) is 2.32. The normalized spacial score (nSPS) is 12.1. The van der Waals surface area contributed by atoms with E-state index in [4.69, 9.17) is 9.84 Å². The molecule has 1 aromatic rings. The zero-order valence-electron chi connectivity index (χ0n) is 12.6. The molecule has 0 amide bonds. The van der Waals surface area contributed by atoms with E-state index in [1.54, 1.807) is 0 Å². The molecule has 0 aliphatic carbocycles. The Morgan fingerprint density at radius 2 is 1.85 bits per heavy atom. The van der Waals surface area contributed by atoms with Crippen molar-refractivity contribution in [2.75, 3.05) is 6.61 Å². The SMILES string of the molecule is CCCCCOc1ccc(C(CCC)CC(=O)O)cc1. The van der Waals surface area contributed by atoms with E-state index in [1.165, 1.54) is 12.8 Å². The minimum absolute atomic E-state index is 0.103. The van der Waals surface area contributed by atoms with Crippen LogP contribution in [-0.2, 0) is 4.79 Å². The van der Waals surface area contributed by atoms with Crippen molar-refractivity contribution < 1.29 is 14.6 Å². The van der Waals surface area contributed by atoms with Crippen LogP contribution >= 0.6 is 0 Å². The molecule has 1 N–H and O–H groups in total. The molecule has 20 heavy (non-hydrogen) atoms. The van der Waals surface area contributed by atoms with Gasteiger partial charge in [-0.15, -0.1) is 0 Å². The van der Waals surface area contributed by atoms with Gasteiger partial charge in [0, 0.05) is 0 Å². The second-order valence-corrected chi connectivity index (χ2v) is 5.21. The van der Waals surface area contributed by atoms with Crippen LogP contribution in [-0.4, -0.2) is 17.7 Å². The molecule has 0 spiro atoms. The van der Waals surface area contributed by atoms with Crippen molar-refractivity contribution in [1.82, 2.24) is 0 Å². The predicted molar refractivity (Wildman–Crippen MR) is 81.4 cm³/mol. The highest BCUT2D eigenvalue weighted by Gasteiger charge is 2.14. The van der Waals surface area contributed by atoms with Crippen molar-refractivity contribution in [3.05, 3.63) is 29.8 Å². The molecule has 0 fully saturated rings. The van der Waals surface area contributed by atoms with Gasteiger partial charge in [-0.25, -0.2) is 0 Å². The van der Waals surface area contributed by atoms with Gasteiger partial charge in [0.1, 0.15) is 5.75 Å². The molecule has 112 valence electrons. The first-order chi connectivity index (χ1) is 9.67. The molecular weight excluding hydrogens is 252 g/mol. The smallest absolute Gasteiger partial charge is 0.303 e. The van der Waals surface area contributed by atoms with Gasteiger partial charge in [0.05, 0.1) is 13.0 Å². The predicted octanol–water partition coefficient (Wildman–Crippen LogP) is 4.61. The van der Waals surface area contributed by atoms with Crippen molar-refractivity contribution in [3.63, 3.8) is 0 Å². The Kier molecular flexibility index (Phi) is 7.78. The largest absolute Gasteiger partial charge is 0.494 e. The molecule has 1 rings (SSSR count). The fourth-order valence-electron chi connectivity index (χ4n) is 2.32. The summed E-state index contributed by atoms with van der Waals surface area (Å²) in [5, 5.41) is 8.97. The van der Waals surface area contributed by atoms with E-state index in [9.17, 15) is 4.79 Å². The third-order valence-electron chi connectivity index (χ3n) is 3.43. The topological polar surface area (TPSA) is 46.5 Å². The number of hydrogen-bond acceptors (Lipinski definition) is 2. The monoisotopic (exact) mass is 278 g/mol. The number of hydrogen-bond donors (Lipinski definition) is 1. The first-order valence-electron chi connectivity index (χ1n) is 7.61. The lowest BCUT2D eigenvalue weighted by atomic mass is 9.91. The Balaban J connectivity index is 2.56. The number of carbonyl (C=O) groups is 1. The van der Waals surface area contributed by atoms with Crippen LogP contribution in [0.2, 0.25) is 0 Å². The van der Waals surface area contributed by atoms with Crippen LogP contribution in [0.1, 0.15) is 63.9 Å². The Hall–Kier alpha value is -1.51. The fraction of sp³-hybridized carbons (Fsp3) is 0.588. The van der Waals surface area contributed by atoms with Gasteiger partial charge in [-0.2, -0.15) is 0 Å². The third kappa shape index (κ3) is 6.09. The molecule has 0 saturated carbocycles. The van der Waals surface area contributed by atoms with Gasteiger partial charge in [0.25, 0.3) is 0 Å². The summed E-state index contributed by atoms with van der Waals surface area (Å²) in [6.45, 7) is 5.01. The van der Waals surface area contributed by atoms with Crippen molar-refractivity contribution in [2.45, 2.75) is 58.3 Å². The van der Waals surface area contributed by atoms with Gasteiger partial charge >= 0.3 is 5.97 Å². The minimum Gasteiger partial charge on any atom is -0.494 e. The standard InChI is InChI=1S/C17H26O3/c1-3-5-6-12-20-16-10-8-14(9-11-16)15(7-4-2)13-17(18)19/h8-11,15H,3-7,12-13H2,1-2H3,(H,18,19). The second-order valence-electron chi connectivity index (χ2n) is 5.21. The van der Waals surface area contributed by atoms with Crippen molar-refractivity contribution in [3.8, 4) is 5.75 Å². The van der Waals surface area contributed by atoms with Crippen molar-refractivity contribution in [2.24, 2.45) is 0 Å². The highest BCUT2D eigenvalue weighted by molar-refractivity contribution is 5.68. The summed E-state index contributed by atoms with van der Waals surface area (Å²) in [4.78, 5) is 10.9. The number of aliphatic carboxylic acids is 1. The molecule has 1 aromatic carbocycles. The summed E-state index contributed by atoms with van der Waals surface area (Å²) >= 11 is 0. The van der Waals surface area contributed by atoms with Gasteiger partial charge in [0.15, 0.2) is 0 Å². The number of rotatable bonds is 10. The van der Waals surface area contributed by atoms with E-state index >= 15 is 0 Å². The van der Waals surface area contributed by atoms with E-state index in [0.717, 1.165) is 37.2 Å². The molecule has 0 bridgehead atoms. The Bertz CT molecular complexity index is 384. The number of carboxylic acid groups (broad SMARTS) is 1. The quantitative estimate of drug-likeness (QED) is 0.635. The lowest BCUT2D eigenvalue weighted by molar-refractivity contribution is -0.137. The second kappa shape index (κ2) is 9.40. The highest BCUT2D eigenvalue weighted by atomic mass is 16.5. The summed E-state index contributed by atoms with van der Waals surface area (Å²) in [6, 6.07) is 7.90. The van der Waals surface area contributed by atoms with Crippen LogP contribution in [0.4, 0.5) is 0 Å². The average molecular weight is 278 g/mol. The van der Waals surface area contributed by atoms with Gasteiger partial charge in [-0.05, 0) is 36.5 Å². The Morgan fingerprint density at radius 3 is 2.40 bits per heavy atom. The maximum absolute atomic E-state index is 10.9. The minimum atomic E-state index is -0.733. The van der Waals surface area contributed by atoms with Gasteiger partial charge in [-0.1, -0.05) is 45.2 Å². The molecule has 1 atom stereocenters. The molecule has 1 unspecified atom stereocenters. The van der Waals surface area contributed by atoms with Crippen LogP contribution < -0.4 is 4.74 Å². The van der Waals surface area contributed by atoms with Crippen molar-refractivity contribution in [1.29, 1.82) is 0 Å². The molecule has 0 aliphatic rings. The summed E-state index contributed by atoms with van der Waals surface area (Å²) in [7, 11) is 0. The number of carboxylic acids is 1. The third-order valence-corrected chi connectivity index (χ3v) is 3.43. The summed E-state index contributed by atoms with van der Waals surface area (Å²) in [5.41, 5.74) is 1.09. The highest BCUT2D eigenvalue weighted by Crippen LogP contribution is 2.26. The molecule has 3 nitrogen and oxygen atoms in total. The van der Waals surface area contributed by atoms with Crippen LogP contribution in [0.3, 0.4) is 0 Å². The van der Waals surface area contributed by atoms with Crippen LogP contribution in [0.25, 0.3) is 0 Å². The van der Waals surface area contributed by atoms with Gasteiger partial charge in [0.2, 0.25) is 0 Å². The van der Waals surface area contributed by atoms with Crippen LogP contribution in [0.5, 0.6) is 5.75 Å². The van der Waals surface area contributed by atoms with Crippen LogP contribution in [0, 0.1) is 0 Å². The van der Waals surface area contributed by atoms with E-state index in [-0.39, 0.29) is 12.3 Å². The van der Waals surface area contributed by atoms with E-state index in [2.05, 4.69) is 13.8 Å². The van der Waals surface area contributed by atoms with Crippen LogP contribution in [0.15, 0.2) is 24.3 Å².